The van der Waals surface area contributed by atoms with E-state index in [1.54, 1.807) is 12.1 Å². The Morgan fingerprint density at radius 2 is 2.07 bits per heavy atom. The molecule has 8 heteroatoms. The number of hydrogen-bond acceptors (Lipinski definition) is 5. The number of aryl methyl sites for hydroxylation is 1. The molecule has 4 rings (SSSR count). The number of aromatic nitrogens is 3. The fourth-order valence-corrected chi connectivity index (χ4v) is 3.97. The van der Waals surface area contributed by atoms with Gasteiger partial charge < -0.3 is 13.9 Å². The van der Waals surface area contributed by atoms with Crippen LogP contribution < -0.4 is 4.90 Å². The molecule has 3 aromatic rings. The minimum atomic E-state index is -0.425. The van der Waals surface area contributed by atoms with Gasteiger partial charge in [-0.2, -0.15) is 0 Å². The van der Waals surface area contributed by atoms with E-state index in [4.69, 9.17) is 4.42 Å². The Morgan fingerprint density at radius 1 is 1.30 bits per heavy atom. The molecule has 2 aromatic heterocycles. The first-order valence-electron chi connectivity index (χ1n) is 9.09. The van der Waals surface area contributed by atoms with Crippen LogP contribution in [0.2, 0.25) is 0 Å². The molecule has 27 heavy (non-hydrogen) atoms. The number of hydrogen-bond donors (Lipinski definition) is 1. The Morgan fingerprint density at radius 3 is 2.74 bits per heavy atom. The fourth-order valence-electron chi connectivity index (χ4n) is 3.97. The number of nitrogens with one attached hydrogen (secondary N) is 1. The molecule has 1 fully saturated rings. The zero-order valence-electron chi connectivity index (χ0n) is 15.3. The zero-order valence-corrected chi connectivity index (χ0v) is 15.3. The summed E-state index contributed by atoms with van der Waals surface area (Å²) in [6.45, 7) is 3.18. The van der Waals surface area contributed by atoms with Crippen LogP contribution in [0.25, 0.3) is 11.5 Å². The van der Waals surface area contributed by atoms with Crippen molar-refractivity contribution in [3.63, 3.8) is 0 Å². The average molecular weight is 368 g/mol. The molecule has 1 unspecified atom stereocenters. The average Bonchev–Trinajstić information content (AvgIpc) is 3.41. The van der Waals surface area contributed by atoms with Gasteiger partial charge in [0.05, 0.1) is 17.2 Å². The monoisotopic (exact) mass is 368 g/mol. The number of nitro groups is 1. The second kappa shape index (κ2) is 6.96. The number of non-ortho nitro benzene ring substituents is 1. The van der Waals surface area contributed by atoms with Gasteiger partial charge in [0.25, 0.3) is 11.6 Å². The van der Waals surface area contributed by atoms with Crippen LogP contribution in [0.5, 0.6) is 0 Å². The van der Waals surface area contributed by atoms with Crippen molar-refractivity contribution in [3.05, 3.63) is 64.3 Å². The standard InChI is InChI=1S/C19H21N5O3/c1-13(23-12-4-6-17(23)16-5-3-11-22(16)2)18-20-21-19(27-18)14-7-9-15(10-8-14)24(25)26/h3,5,7-11,13,17H,4,6,12H2,1-2H3/p+1/t13-,17+/m0/s1. The van der Waals surface area contributed by atoms with E-state index in [-0.39, 0.29) is 11.7 Å². The van der Waals surface area contributed by atoms with E-state index in [9.17, 15) is 10.1 Å². The summed E-state index contributed by atoms with van der Waals surface area (Å²) < 4.78 is 8.10. The summed E-state index contributed by atoms with van der Waals surface area (Å²) in [5.41, 5.74) is 2.05. The highest BCUT2D eigenvalue weighted by Crippen LogP contribution is 2.25. The van der Waals surface area contributed by atoms with E-state index >= 15 is 0 Å². The van der Waals surface area contributed by atoms with Gasteiger partial charge in [0.2, 0.25) is 5.89 Å². The molecule has 1 saturated heterocycles. The topological polar surface area (TPSA) is 91.4 Å². The molecule has 0 saturated carbocycles. The first-order chi connectivity index (χ1) is 13.0. The van der Waals surface area contributed by atoms with E-state index in [0.29, 0.717) is 23.4 Å². The second-order valence-corrected chi connectivity index (χ2v) is 7.03. The van der Waals surface area contributed by atoms with Crippen LogP contribution in [-0.2, 0) is 7.05 Å². The van der Waals surface area contributed by atoms with Crippen LogP contribution in [0.15, 0.2) is 47.0 Å². The highest BCUT2D eigenvalue weighted by molar-refractivity contribution is 5.55. The lowest BCUT2D eigenvalue weighted by Gasteiger charge is -2.25. The Balaban J connectivity index is 1.55. The summed E-state index contributed by atoms with van der Waals surface area (Å²) in [5.74, 6) is 0.986. The van der Waals surface area contributed by atoms with Gasteiger partial charge in [-0.05, 0) is 31.2 Å². The van der Waals surface area contributed by atoms with Crippen molar-refractivity contribution >= 4 is 5.69 Å². The van der Waals surface area contributed by atoms with E-state index in [0.717, 1.165) is 13.0 Å². The van der Waals surface area contributed by atoms with Crippen LogP contribution in [-0.4, -0.2) is 26.2 Å². The summed E-state index contributed by atoms with van der Waals surface area (Å²) in [4.78, 5) is 11.8. The molecule has 0 spiro atoms. The Kier molecular flexibility index (Phi) is 4.49. The molecule has 0 radical (unpaired) electrons. The van der Waals surface area contributed by atoms with Gasteiger partial charge in [-0.15, -0.1) is 10.2 Å². The molecular formula is C19H22N5O3+. The van der Waals surface area contributed by atoms with Gasteiger partial charge in [-0.3, -0.25) is 10.1 Å². The predicted octanol–water partition coefficient (Wildman–Crippen LogP) is 2.46. The summed E-state index contributed by atoms with van der Waals surface area (Å²) in [6.07, 6.45) is 4.38. The highest BCUT2D eigenvalue weighted by Gasteiger charge is 2.38. The van der Waals surface area contributed by atoms with Crippen LogP contribution in [0.3, 0.4) is 0 Å². The van der Waals surface area contributed by atoms with Crippen molar-refractivity contribution in [1.82, 2.24) is 14.8 Å². The van der Waals surface area contributed by atoms with Crippen molar-refractivity contribution < 1.29 is 14.2 Å². The normalized spacial score (nSPS) is 20.7. The Labute approximate surface area is 156 Å². The second-order valence-electron chi connectivity index (χ2n) is 7.03. The van der Waals surface area contributed by atoms with Crippen LogP contribution >= 0.6 is 0 Å². The Bertz CT molecular complexity index is 946. The minimum absolute atomic E-state index is 0.0405. The predicted molar refractivity (Wildman–Crippen MR) is 98.0 cm³/mol. The van der Waals surface area contributed by atoms with E-state index in [1.165, 1.54) is 29.1 Å². The lowest BCUT2D eigenvalue weighted by atomic mass is 10.1. The summed E-state index contributed by atoms with van der Waals surface area (Å²) in [7, 11) is 2.08. The molecule has 1 N–H and O–H groups in total. The number of nitro benzene ring substituents is 1. The Hall–Kier alpha value is -3.00. The van der Waals surface area contributed by atoms with Crippen molar-refractivity contribution in [2.24, 2.45) is 7.05 Å². The largest absolute Gasteiger partial charge is 0.415 e. The third-order valence-electron chi connectivity index (χ3n) is 5.44. The van der Waals surface area contributed by atoms with Crippen molar-refractivity contribution in [1.29, 1.82) is 0 Å². The van der Waals surface area contributed by atoms with Gasteiger partial charge >= 0.3 is 0 Å². The number of nitrogens with zero attached hydrogens (tertiary/aromatic N) is 4. The van der Waals surface area contributed by atoms with Gasteiger partial charge in [-0.1, -0.05) is 0 Å². The van der Waals surface area contributed by atoms with Gasteiger partial charge in [-0.25, -0.2) is 0 Å². The van der Waals surface area contributed by atoms with Crippen molar-refractivity contribution in [2.45, 2.75) is 31.8 Å². The van der Waals surface area contributed by atoms with Crippen LogP contribution in [0, 0.1) is 10.1 Å². The number of likely N-dealkylation sites (tertiary alicyclic amines) is 1. The molecule has 3 atom stereocenters. The first-order valence-corrected chi connectivity index (χ1v) is 9.09. The fraction of sp³-hybridized carbons (Fsp3) is 0.368. The number of benzene rings is 1. The molecule has 1 aliphatic heterocycles. The third-order valence-corrected chi connectivity index (χ3v) is 5.44. The summed E-state index contributed by atoms with van der Waals surface area (Å²) in [6, 6.07) is 10.9. The minimum Gasteiger partial charge on any atom is -0.415 e. The third kappa shape index (κ3) is 3.23. The van der Waals surface area contributed by atoms with E-state index in [2.05, 4.69) is 47.1 Å². The quantitative estimate of drug-likeness (QED) is 0.552. The number of quaternary nitrogens is 1. The van der Waals surface area contributed by atoms with E-state index in [1.807, 2.05) is 0 Å². The molecule has 3 heterocycles. The smallest absolute Gasteiger partial charge is 0.274 e. The molecule has 8 nitrogen and oxygen atoms in total. The highest BCUT2D eigenvalue weighted by atomic mass is 16.6. The first kappa shape index (κ1) is 17.4. The van der Waals surface area contributed by atoms with Gasteiger partial charge in [0, 0.05) is 43.8 Å². The van der Waals surface area contributed by atoms with Gasteiger partial charge in [0.15, 0.2) is 6.04 Å². The molecule has 1 aliphatic rings. The molecule has 0 aliphatic carbocycles. The van der Waals surface area contributed by atoms with Crippen molar-refractivity contribution in [3.8, 4) is 11.5 Å². The molecule has 140 valence electrons. The molecule has 0 bridgehead atoms. The van der Waals surface area contributed by atoms with Crippen molar-refractivity contribution in [2.75, 3.05) is 6.54 Å². The van der Waals surface area contributed by atoms with E-state index < -0.39 is 4.92 Å². The molecule has 0 amide bonds. The SMILES string of the molecule is C[C@@H](c1nnc(-c2ccc([N+](=O)[O-])cc2)o1)[NH+]1CCC[C@@H]1c1cccn1C. The van der Waals surface area contributed by atoms with Gasteiger partial charge in [0.1, 0.15) is 6.04 Å². The molecular weight excluding hydrogens is 346 g/mol. The van der Waals surface area contributed by atoms with Crippen LogP contribution in [0.4, 0.5) is 5.69 Å². The maximum absolute atomic E-state index is 10.8. The molecule has 1 aromatic carbocycles. The zero-order chi connectivity index (χ0) is 19.0. The lowest BCUT2D eigenvalue weighted by molar-refractivity contribution is -0.949. The summed E-state index contributed by atoms with van der Waals surface area (Å²) in [5, 5.41) is 19.2. The lowest BCUT2D eigenvalue weighted by Crippen LogP contribution is -3.10. The maximum atomic E-state index is 10.8. The maximum Gasteiger partial charge on any atom is 0.274 e. The summed E-state index contributed by atoms with van der Waals surface area (Å²) >= 11 is 0. The van der Waals surface area contributed by atoms with Crippen LogP contribution in [0.1, 0.15) is 43.4 Å². The number of rotatable bonds is 5.